The summed E-state index contributed by atoms with van der Waals surface area (Å²) in [7, 11) is 0. The predicted octanol–water partition coefficient (Wildman–Crippen LogP) is 3.98. The molecule has 2 N–H and O–H groups in total. The molecule has 2 heterocycles. The SMILES string of the molecule is Cc1ccc2c(c1)CCCN2CCC(=O)NCCc1c[nH]c2ccccc12. The predicted molar refractivity (Wildman–Crippen MR) is 111 cm³/mol. The summed E-state index contributed by atoms with van der Waals surface area (Å²) in [6.07, 6.45) is 5.75. The number of hydrogen-bond acceptors (Lipinski definition) is 2. The van der Waals surface area contributed by atoms with Crippen LogP contribution in [0.2, 0.25) is 0 Å². The van der Waals surface area contributed by atoms with Crippen LogP contribution < -0.4 is 10.2 Å². The number of aryl methyl sites for hydroxylation is 2. The molecule has 0 radical (unpaired) electrons. The molecule has 3 aromatic rings. The molecule has 140 valence electrons. The minimum absolute atomic E-state index is 0.133. The van der Waals surface area contributed by atoms with Crippen molar-refractivity contribution in [2.24, 2.45) is 0 Å². The Morgan fingerprint density at radius 3 is 3.04 bits per heavy atom. The number of benzene rings is 2. The number of hydrogen-bond donors (Lipinski definition) is 2. The van der Waals surface area contributed by atoms with Gasteiger partial charge in [0.15, 0.2) is 0 Å². The number of nitrogens with zero attached hydrogens (tertiary/aromatic N) is 1. The highest BCUT2D eigenvalue weighted by Crippen LogP contribution is 2.27. The van der Waals surface area contributed by atoms with Crippen molar-refractivity contribution >= 4 is 22.5 Å². The fourth-order valence-electron chi connectivity index (χ4n) is 4.04. The number of carbonyl (C=O) groups is 1. The Bertz CT molecular complexity index is 944. The summed E-state index contributed by atoms with van der Waals surface area (Å²) in [5, 5.41) is 4.32. The second kappa shape index (κ2) is 7.87. The maximum Gasteiger partial charge on any atom is 0.221 e. The zero-order chi connectivity index (χ0) is 18.6. The van der Waals surface area contributed by atoms with Crippen molar-refractivity contribution < 1.29 is 4.79 Å². The molecule has 0 saturated heterocycles. The number of rotatable bonds is 6. The van der Waals surface area contributed by atoms with Crippen LogP contribution in [0.5, 0.6) is 0 Å². The highest BCUT2D eigenvalue weighted by atomic mass is 16.1. The van der Waals surface area contributed by atoms with Crippen LogP contribution in [-0.4, -0.2) is 30.5 Å². The van der Waals surface area contributed by atoms with Gasteiger partial charge in [-0.15, -0.1) is 0 Å². The number of fused-ring (bicyclic) bond motifs is 2. The largest absolute Gasteiger partial charge is 0.371 e. The minimum atomic E-state index is 0.133. The Balaban J connectivity index is 1.27. The third kappa shape index (κ3) is 4.00. The number of carbonyl (C=O) groups excluding carboxylic acids is 1. The van der Waals surface area contributed by atoms with Gasteiger partial charge in [0.1, 0.15) is 0 Å². The van der Waals surface area contributed by atoms with E-state index in [0.29, 0.717) is 13.0 Å². The van der Waals surface area contributed by atoms with Crippen molar-refractivity contribution in [3.63, 3.8) is 0 Å². The van der Waals surface area contributed by atoms with Crippen LogP contribution in [-0.2, 0) is 17.6 Å². The maximum atomic E-state index is 12.3. The Kier molecular flexibility index (Phi) is 5.14. The quantitative estimate of drug-likeness (QED) is 0.698. The van der Waals surface area contributed by atoms with E-state index in [-0.39, 0.29) is 5.91 Å². The van der Waals surface area contributed by atoms with Crippen molar-refractivity contribution in [2.75, 3.05) is 24.5 Å². The first-order valence-corrected chi connectivity index (χ1v) is 9.87. The molecule has 0 atom stereocenters. The maximum absolute atomic E-state index is 12.3. The lowest BCUT2D eigenvalue weighted by atomic mass is 9.99. The number of para-hydroxylation sites is 1. The fourth-order valence-corrected chi connectivity index (χ4v) is 4.04. The van der Waals surface area contributed by atoms with Gasteiger partial charge < -0.3 is 15.2 Å². The van der Waals surface area contributed by atoms with E-state index in [1.54, 1.807) is 0 Å². The molecule has 4 heteroatoms. The van der Waals surface area contributed by atoms with Gasteiger partial charge in [0.25, 0.3) is 0 Å². The van der Waals surface area contributed by atoms with E-state index >= 15 is 0 Å². The summed E-state index contributed by atoms with van der Waals surface area (Å²) in [5.74, 6) is 0.133. The second-order valence-electron chi connectivity index (χ2n) is 7.43. The van der Waals surface area contributed by atoms with E-state index in [2.05, 4.69) is 58.5 Å². The van der Waals surface area contributed by atoms with Gasteiger partial charge in [0, 0.05) is 48.8 Å². The lowest BCUT2D eigenvalue weighted by molar-refractivity contribution is -0.120. The molecule has 4 rings (SSSR count). The first-order valence-electron chi connectivity index (χ1n) is 9.87. The molecule has 1 amide bonds. The molecule has 0 aliphatic carbocycles. The molecule has 27 heavy (non-hydrogen) atoms. The van der Waals surface area contributed by atoms with Gasteiger partial charge in [-0.1, -0.05) is 35.9 Å². The summed E-state index contributed by atoms with van der Waals surface area (Å²) in [4.78, 5) is 17.9. The van der Waals surface area contributed by atoms with E-state index in [0.717, 1.165) is 31.4 Å². The van der Waals surface area contributed by atoms with Crippen LogP contribution in [0.15, 0.2) is 48.7 Å². The standard InChI is InChI=1S/C23H27N3O/c1-17-8-9-22-18(15-17)5-4-13-26(22)14-11-23(27)24-12-10-19-16-25-21-7-3-2-6-20(19)21/h2-3,6-9,15-16,25H,4-5,10-14H2,1H3,(H,24,27). The van der Waals surface area contributed by atoms with Crippen LogP contribution in [0.25, 0.3) is 10.9 Å². The molecule has 0 bridgehead atoms. The zero-order valence-electron chi connectivity index (χ0n) is 15.9. The van der Waals surface area contributed by atoms with Crippen LogP contribution >= 0.6 is 0 Å². The average molecular weight is 361 g/mol. The normalized spacial score (nSPS) is 13.6. The number of amides is 1. The van der Waals surface area contributed by atoms with Crippen molar-refractivity contribution in [1.29, 1.82) is 0 Å². The van der Waals surface area contributed by atoms with Crippen LogP contribution in [0.3, 0.4) is 0 Å². The van der Waals surface area contributed by atoms with Crippen molar-refractivity contribution in [3.05, 3.63) is 65.4 Å². The van der Waals surface area contributed by atoms with Crippen LogP contribution in [0, 0.1) is 6.92 Å². The molecule has 0 saturated carbocycles. The highest BCUT2D eigenvalue weighted by Gasteiger charge is 2.17. The van der Waals surface area contributed by atoms with Gasteiger partial charge in [0.05, 0.1) is 0 Å². The second-order valence-corrected chi connectivity index (χ2v) is 7.43. The smallest absolute Gasteiger partial charge is 0.221 e. The molecular weight excluding hydrogens is 334 g/mol. The van der Waals surface area contributed by atoms with E-state index in [9.17, 15) is 4.79 Å². The van der Waals surface area contributed by atoms with Gasteiger partial charge in [0.2, 0.25) is 5.91 Å². The van der Waals surface area contributed by atoms with E-state index < -0.39 is 0 Å². The molecule has 0 unspecified atom stereocenters. The summed E-state index contributed by atoms with van der Waals surface area (Å²) in [6, 6.07) is 14.9. The van der Waals surface area contributed by atoms with E-state index in [1.807, 2.05) is 12.3 Å². The number of H-pyrrole nitrogens is 1. The molecule has 4 nitrogen and oxygen atoms in total. The van der Waals surface area contributed by atoms with Gasteiger partial charge in [-0.2, -0.15) is 0 Å². The lowest BCUT2D eigenvalue weighted by Crippen LogP contribution is -2.34. The molecule has 0 fully saturated rings. The molecule has 2 aromatic carbocycles. The Morgan fingerprint density at radius 2 is 2.11 bits per heavy atom. The first-order chi connectivity index (χ1) is 13.2. The summed E-state index contributed by atoms with van der Waals surface area (Å²) in [5.41, 5.74) is 6.44. The fraction of sp³-hybridized carbons (Fsp3) is 0.348. The molecular formula is C23H27N3O. The Labute approximate surface area is 160 Å². The Hall–Kier alpha value is -2.75. The average Bonchev–Trinajstić information content (AvgIpc) is 3.09. The number of nitrogens with one attached hydrogen (secondary N) is 2. The minimum Gasteiger partial charge on any atom is -0.371 e. The lowest BCUT2D eigenvalue weighted by Gasteiger charge is -2.31. The van der Waals surface area contributed by atoms with Crippen molar-refractivity contribution in [1.82, 2.24) is 10.3 Å². The monoisotopic (exact) mass is 361 g/mol. The van der Waals surface area contributed by atoms with Crippen LogP contribution in [0.4, 0.5) is 5.69 Å². The number of aromatic nitrogens is 1. The van der Waals surface area contributed by atoms with Crippen LogP contribution in [0.1, 0.15) is 29.5 Å². The molecule has 0 spiro atoms. The van der Waals surface area contributed by atoms with E-state index in [1.165, 1.54) is 34.2 Å². The zero-order valence-corrected chi connectivity index (χ0v) is 15.9. The number of anilines is 1. The Morgan fingerprint density at radius 1 is 1.22 bits per heavy atom. The number of aromatic amines is 1. The highest BCUT2D eigenvalue weighted by molar-refractivity contribution is 5.83. The van der Waals surface area contributed by atoms with Crippen molar-refractivity contribution in [2.45, 2.75) is 32.6 Å². The third-order valence-corrected chi connectivity index (χ3v) is 5.45. The van der Waals surface area contributed by atoms with Gasteiger partial charge in [-0.05, 0) is 49.4 Å². The van der Waals surface area contributed by atoms with E-state index in [4.69, 9.17) is 0 Å². The molecule has 1 aromatic heterocycles. The van der Waals surface area contributed by atoms with Gasteiger partial charge in [-0.3, -0.25) is 4.79 Å². The summed E-state index contributed by atoms with van der Waals surface area (Å²) >= 11 is 0. The topological polar surface area (TPSA) is 48.1 Å². The van der Waals surface area contributed by atoms with Gasteiger partial charge in [-0.25, -0.2) is 0 Å². The molecule has 1 aliphatic rings. The third-order valence-electron chi connectivity index (χ3n) is 5.45. The first kappa shape index (κ1) is 17.7. The van der Waals surface area contributed by atoms with Crippen molar-refractivity contribution in [3.8, 4) is 0 Å². The summed E-state index contributed by atoms with van der Waals surface area (Å²) in [6.45, 7) is 4.64. The van der Waals surface area contributed by atoms with Gasteiger partial charge >= 0.3 is 0 Å². The summed E-state index contributed by atoms with van der Waals surface area (Å²) < 4.78 is 0. The molecule has 1 aliphatic heterocycles.